The van der Waals surface area contributed by atoms with Crippen molar-refractivity contribution < 1.29 is 66.7 Å². The third-order valence-electron chi connectivity index (χ3n) is 1.25. The average molecular weight is 224 g/mol. The molecule has 0 heterocycles. The van der Waals surface area contributed by atoms with Crippen LogP contribution in [0.3, 0.4) is 0 Å². The van der Waals surface area contributed by atoms with Crippen molar-refractivity contribution in [1.29, 1.82) is 0 Å². The van der Waals surface area contributed by atoms with E-state index >= 15 is 0 Å². The molecule has 0 amide bonds. The van der Waals surface area contributed by atoms with Gasteiger partial charge in [-0.05, 0) is 6.07 Å². The van der Waals surface area contributed by atoms with Crippen LogP contribution in [-0.4, -0.2) is 15.3 Å². The summed E-state index contributed by atoms with van der Waals surface area (Å²) in [5, 5.41) is 20.3. The molecule has 0 bridgehead atoms. The Labute approximate surface area is 121 Å². The van der Waals surface area contributed by atoms with Crippen molar-refractivity contribution in [3.8, 4) is 0 Å². The molecule has 1 N–H and O–H groups in total. The SMILES string of the molecule is O=[N+]([O-])c1cccc([N+](=O)[O-])c1.[K+].[OH-]. The van der Waals surface area contributed by atoms with Crippen molar-refractivity contribution in [3.05, 3.63) is 44.5 Å². The molecule has 0 saturated carbocycles. The summed E-state index contributed by atoms with van der Waals surface area (Å²) in [6, 6.07) is 4.59. The van der Waals surface area contributed by atoms with E-state index in [1.165, 1.54) is 18.2 Å². The predicted octanol–water partition coefficient (Wildman–Crippen LogP) is -1.67. The molecule has 0 aliphatic rings. The number of hydrogen-bond acceptors (Lipinski definition) is 5. The molecule has 8 heteroatoms. The van der Waals surface area contributed by atoms with E-state index < -0.39 is 9.85 Å². The molecule has 7 nitrogen and oxygen atoms in total. The summed E-state index contributed by atoms with van der Waals surface area (Å²) < 4.78 is 0. The van der Waals surface area contributed by atoms with Gasteiger partial charge in [-0.2, -0.15) is 0 Å². The maximum absolute atomic E-state index is 10.2. The smallest absolute Gasteiger partial charge is 0.870 e. The largest absolute Gasteiger partial charge is 1.00 e. The van der Waals surface area contributed by atoms with Gasteiger partial charge in [0, 0.05) is 12.1 Å². The van der Waals surface area contributed by atoms with Crippen LogP contribution in [0.5, 0.6) is 0 Å². The summed E-state index contributed by atoms with van der Waals surface area (Å²) in [4.78, 5) is 19.0. The van der Waals surface area contributed by atoms with Crippen LogP contribution in [-0.2, 0) is 0 Å². The van der Waals surface area contributed by atoms with E-state index in [0.717, 1.165) is 6.07 Å². The summed E-state index contributed by atoms with van der Waals surface area (Å²) in [5.41, 5.74) is -0.548. The normalized spacial score (nSPS) is 8.00. The standard InChI is InChI=1S/C6H4N2O4.K.H2O/c9-7(10)5-2-1-3-6(4-5)8(11)12;;/h1-4H;;1H2/q;+1;/p-1. The molecule has 0 fully saturated rings. The second-order valence-electron chi connectivity index (χ2n) is 2.03. The summed E-state index contributed by atoms with van der Waals surface area (Å²) in [6.45, 7) is 0. The molecule has 0 aromatic heterocycles. The van der Waals surface area contributed by atoms with E-state index in [9.17, 15) is 20.2 Å². The number of nitro groups is 2. The van der Waals surface area contributed by atoms with Gasteiger partial charge in [-0.1, -0.05) is 0 Å². The summed E-state index contributed by atoms with van der Waals surface area (Å²) in [7, 11) is 0. The molecule has 1 rings (SSSR count). The van der Waals surface area contributed by atoms with Crippen LogP contribution < -0.4 is 51.4 Å². The molecule has 0 unspecified atom stereocenters. The Morgan fingerprint density at radius 1 is 1.00 bits per heavy atom. The maximum atomic E-state index is 10.2. The average Bonchev–Trinajstić information content (AvgIpc) is 2.04. The van der Waals surface area contributed by atoms with E-state index in [4.69, 9.17) is 0 Å². The minimum atomic E-state index is -0.674. The molecule has 1 aromatic rings. The van der Waals surface area contributed by atoms with Crippen LogP contribution in [0.1, 0.15) is 0 Å². The first-order chi connectivity index (χ1) is 5.61. The number of nitro benzene ring substituents is 2. The fraction of sp³-hybridized carbons (Fsp3) is 0. The minimum absolute atomic E-state index is 0. The quantitative estimate of drug-likeness (QED) is 0.338. The van der Waals surface area contributed by atoms with E-state index in [1.807, 2.05) is 0 Å². The van der Waals surface area contributed by atoms with Crippen LogP contribution in [0, 0.1) is 20.2 Å². The third-order valence-corrected chi connectivity index (χ3v) is 1.25. The van der Waals surface area contributed by atoms with Crippen LogP contribution in [0.25, 0.3) is 0 Å². The van der Waals surface area contributed by atoms with Crippen molar-refractivity contribution in [1.82, 2.24) is 0 Å². The third kappa shape index (κ3) is 4.22. The van der Waals surface area contributed by atoms with Gasteiger partial charge in [0.15, 0.2) is 0 Å². The van der Waals surface area contributed by atoms with Gasteiger partial charge in [0.25, 0.3) is 11.4 Å². The molecule has 0 saturated heterocycles. The van der Waals surface area contributed by atoms with Crippen molar-refractivity contribution in [2.24, 2.45) is 0 Å². The van der Waals surface area contributed by atoms with Gasteiger partial charge in [-0.3, -0.25) is 20.2 Å². The molecule has 70 valence electrons. The molecular formula is C6H5KN2O5. The van der Waals surface area contributed by atoms with Gasteiger partial charge in [-0.25, -0.2) is 0 Å². The van der Waals surface area contributed by atoms with Gasteiger partial charge in [0.1, 0.15) is 0 Å². The first kappa shape index (κ1) is 16.1. The topological polar surface area (TPSA) is 116 Å². The molecule has 1 aromatic carbocycles. The fourth-order valence-corrected chi connectivity index (χ4v) is 0.720. The van der Waals surface area contributed by atoms with Crippen LogP contribution in [0.4, 0.5) is 11.4 Å². The first-order valence-corrected chi connectivity index (χ1v) is 3.00. The molecule has 0 radical (unpaired) electrons. The Balaban J connectivity index is 0. The summed E-state index contributed by atoms with van der Waals surface area (Å²) >= 11 is 0. The molecule has 0 aliphatic heterocycles. The maximum Gasteiger partial charge on any atom is 1.00 e. The Bertz CT molecular complexity index is 313. The number of non-ortho nitro benzene ring substituents is 2. The van der Waals surface area contributed by atoms with Crippen LogP contribution in [0.2, 0.25) is 0 Å². The zero-order valence-electron chi connectivity index (χ0n) is 7.28. The van der Waals surface area contributed by atoms with Crippen molar-refractivity contribution in [2.45, 2.75) is 0 Å². The van der Waals surface area contributed by atoms with Gasteiger partial charge >= 0.3 is 51.4 Å². The minimum Gasteiger partial charge on any atom is -0.870 e. The van der Waals surface area contributed by atoms with Crippen LogP contribution >= 0.6 is 0 Å². The second-order valence-corrected chi connectivity index (χ2v) is 2.03. The van der Waals surface area contributed by atoms with Gasteiger partial charge in [0.2, 0.25) is 0 Å². The van der Waals surface area contributed by atoms with Crippen molar-refractivity contribution >= 4 is 11.4 Å². The number of benzene rings is 1. The van der Waals surface area contributed by atoms with E-state index in [1.54, 1.807) is 0 Å². The number of hydrogen-bond donors (Lipinski definition) is 0. The predicted molar refractivity (Wildman–Crippen MR) is 41.7 cm³/mol. The Hall–Kier alpha value is -0.384. The van der Waals surface area contributed by atoms with Crippen molar-refractivity contribution in [3.63, 3.8) is 0 Å². The summed E-state index contributed by atoms with van der Waals surface area (Å²) in [6.07, 6.45) is 0. The van der Waals surface area contributed by atoms with Crippen LogP contribution in [0.15, 0.2) is 24.3 Å². The number of rotatable bonds is 2. The Kier molecular flexibility index (Phi) is 8.01. The molecule has 0 aliphatic carbocycles. The zero-order chi connectivity index (χ0) is 9.14. The van der Waals surface area contributed by atoms with Gasteiger partial charge in [0.05, 0.1) is 15.9 Å². The first-order valence-electron chi connectivity index (χ1n) is 3.00. The Morgan fingerprint density at radius 2 is 1.36 bits per heavy atom. The van der Waals surface area contributed by atoms with Gasteiger partial charge < -0.3 is 5.48 Å². The second kappa shape index (κ2) is 6.98. The summed E-state index contributed by atoms with van der Waals surface area (Å²) in [5.74, 6) is 0. The van der Waals surface area contributed by atoms with E-state index in [2.05, 4.69) is 0 Å². The molecule has 0 spiro atoms. The Morgan fingerprint density at radius 3 is 1.64 bits per heavy atom. The van der Waals surface area contributed by atoms with Crippen molar-refractivity contribution in [2.75, 3.05) is 0 Å². The zero-order valence-corrected chi connectivity index (χ0v) is 10.4. The molecular weight excluding hydrogens is 219 g/mol. The monoisotopic (exact) mass is 224 g/mol. The van der Waals surface area contributed by atoms with E-state index in [-0.39, 0.29) is 68.2 Å². The fourth-order valence-electron chi connectivity index (χ4n) is 0.720. The number of nitrogens with zero attached hydrogens (tertiary/aromatic N) is 2. The van der Waals surface area contributed by atoms with E-state index in [0.29, 0.717) is 0 Å². The van der Waals surface area contributed by atoms with Gasteiger partial charge in [-0.15, -0.1) is 0 Å². The molecule has 0 atom stereocenters. The molecule has 14 heavy (non-hydrogen) atoms.